The van der Waals surface area contributed by atoms with Crippen LogP contribution in [0.1, 0.15) is 11.3 Å². The lowest BCUT2D eigenvalue weighted by Gasteiger charge is -2.09. The molecule has 2 nitrogen and oxygen atoms in total. The van der Waals surface area contributed by atoms with Gasteiger partial charge in [0.25, 0.3) is 0 Å². The molecule has 1 heterocycles. The maximum absolute atomic E-state index is 6.09. The molecule has 0 aliphatic rings. The Balaban J connectivity index is 2.84. The number of nitrogens with zero attached hydrogens (tertiary/aromatic N) is 2. The van der Waals surface area contributed by atoms with Gasteiger partial charge in [-0.25, -0.2) is 0 Å². The van der Waals surface area contributed by atoms with Gasteiger partial charge >= 0.3 is 0 Å². The van der Waals surface area contributed by atoms with Gasteiger partial charge in [-0.05, 0) is 19.3 Å². The molecule has 0 saturated carbocycles. The molecule has 0 amide bonds. The molecule has 0 fully saturated rings. The van der Waals surface area contributed by atoms with Crippen LogP contribution in [0.25, 0.3) is 0 Å². The number of rotatable bonds is 4. The van der Waals surface area contributed by atoms with E-state index < -0.39 is 0 Å². The molecule has 5 heteroatoms. The fraction of sp³-hybridized carbons (Fsp3) is 0.667. The summed E-state index contributed by atoms with van der Waals surface area (Å²) in [6.07, 6.45) is 0.797. The van der Waals surface area contributed by atoms with Crippen LogP contribution in [0, 0.1) is 12.8 Å². The van der Waals surface area contributed by atoms with Crippen molar-refractivity contribution in [2.45, 2.75) is 13.3 Å². The van der Waals surface area contributed by atoms with E-state index in [9.17, 15) is 0 Å². The molecule has 1 aromatic rings. The quantitative estimate of drug-likeness (QED) is 0.756. The second-order valence-electron chi connectivity index (χ2n) is 3.36. The predicted octanol–water partition coefficient (Wildman–Crippen LogP) is 3.02. The highest BCUT2D eigenvalue weighted by molar-refractivity contribution is 6.30. The molecule has 0 saturated heterocycles. The number of aryl methyl sites for hydroxylation is 2. The van der Waals surface area contributed by atoms with E-state index in [1.54, 1.807) is 4.68 Å². The molecular weight excluding hydrogens is 242 g/mol. The Morgan fingerprint density at radius 3 is 2.29 bits per heavy atom. The molecule has 0 aliphatic heterocycles. The SMILES string of the molecule is Cc1nn(C)c(Cl)c1CC(CCl)CCl. The first-order chi connectivity index (χ1) is 6.60. The Morgan fingerprint density at radius 2 is 1.93 bits per heavy atom. The third-order valence-electron chi connectivity index (χ3n) is 2.20. The van der Waals surface area contributed by atoms with E-state index in [0.717, 1.165) is 17.7 Å². The van der Waals surface area contributed by atoms with Crippen molar-refractivity contribution in [3.8, 4) is 0 Å². The van der Waals surface area contributed by atoms with Crippen molar-refractivity contribution in [1.82, 2.24) is 9.78 Å². The Bertz CT molecular complexity index is 305. The van der Waals surface area contributed by atoms with Crippen LogP contribution in [-0.2, 0) is 13.5 Å². The molecular formula is C9H13Cl3N2. The number of hydrogen-bond acceptors (Lipinski definition) is 1. The van der Waals surface area contributed by atoms with Gasteiger partial charge in [0.1, 0.15) is 5.15 Å². The van der Waals surface area contributed by atoms with Gasteiger partial charge in [0, 0.05) is 24.4 Å². The summed E-state index contributed by atoms with van der Waals surface area (Å²) in [5, 5.41) is 4.91. The molecule has 0 atom stereocenters. The Kier molecular flexibility index (Phi) is 4.55. The van der Waals surface area contributed by atoms with E-state index >= 15 is 0 Å². The Morgan fingerprint density at radius 1 is 1.36 bits per heavy atom. The molecule has 1 rings (SSSR count). The second-order valence-corrected chi connectivity index (χ2v) is 4.33. The van der Waals surface area contributed by atoms with Crippen molar-refractivity contribution >= 4 is 34.8 Å². The normalized spacial score (nSPS) is 11.3. The first-order valence-electron chi connectivity index (χ1n) is 4.40. The minimum Gasteiger partial charge on any atom is -0.257 e. The Labute approximate surface area is 99.1 Å². The van der Waals surface area contributed by atoms with E-state index in [1.807, 2.05) is 14.0 Å². The van der Waals surface area contributed by atoms with Gasteiger partial charge in [-0.2, -0.15) is 5.10 Å². The fourth-order valence-electron chi connectivity index (χ4n) is 1.34. The maximum Gasteiger partial charge on any atom is 0.130 e. The van der Waals surface area contributed by atoms with Gasteiger partial charge in [-0.1, -0.05) is 11.6 Å². The largest absolute Gasteiger partial charge is 0.257 e. The van der Waals surface area contributed by atoms with E-state index in [4.69, 9.17) is 34.8 Å². The van der Waals surface area contributed by atoms with Crippen molar-refractivity contribution in [2.75, 3.05) is 11.8 Å². The molecule has 14 heavy (non-hydrogen) atoms. The lowest BCUT2D eigenvalue weighted by atomic mass is 10.0. The topological polar surface area (TPSA) is 17.8 Å². The Hall–Kier alpha value is 0.0800. The highest BCUT2D eigenvalue weighted by Crippen LogP contribution is 2.23. The van der Waals surface area contributed by atoms with Crippen LogP contribution >= 0.6 is 34.8 Å². The minimum absolute atomic E-state index is 0.263. The van der Waals surface area contributed by atoms with Crippen molar-refractivity contribution in [3.63, 3.8) is 0 Å². The summed E-state index contributed by atoms with van der Waals surface area (Å²) in [6.45, 7) is 1.95. The number of aromatic nitrogens is 2. The monoisotopic (exact) mass is 254 g/mol. The van der Waals surface area contributed by atoms with E-state index in [0.29, 0.717) is 16.9 Å². The van der Waals surface area contributed by atoms with Crippen LogP contribution in [0.15, 0.2) is 0 Å². The van der Waals surface area contributed by atoms with Gasteiger partial charge < -0.3 is 0 Å². The van der Waals surface area contributed by atoms with E-state index in [-0.39, 0.29) is 5.92 Å². The minimum atomic E-state index is 0.263. The van der Waals surface area contributed by atoms with Gasteiger partial charge in [-0.15, -0.1) is 23.2 Å². The van der Waals surface area contributed by atoms with Gasteiger partial charge in [0.15, 0.2) is 0 Å². The summed E-state index contributed by atoms with van der Waals surface area (Å²) in [4.78, 5) is 0. The standard InChI is InChI=1S/C9H13Cl3N2/c1-6-8(3-7(4-10)5-11)9(12)14(2)13-6/h7H,3-5H2,1-2H3. The number of hydrogen-bond donors (Lipinski definition) is 0. The summed E-state index contributed by atoms with van der Waals surface area (Å²) < 4.78 is 1.67. The highest BCUT2D eigenvalue weighted by atomic mass is 35.5. The summed E-state index contributed by atoms with van der Waals surface area (Å²) in [5.74, 6) is 1.36. The summed E-state index contributed by atoms with van der Waals surface area (Å²) in [5.41, 5.74) is 2.01. The number of halogens is 3. The smallest absolute Gasteiger partial charge is 0.130 e. The third-order valence-corrected chi connectivity index (χ3v) is 3.54. The molecule has 0 aromatic carbocycles. The molecule has 0 unspecified atom stereocenters. The average Bonchev–Trinajstić information content (AvgIpc) is 2.40. The third kappa shape index (κ3) is 2.56. The maximum atomic E-state index is 6.09. The van der Waals surface area contributed by atoms with Crippen molar-refractivity contribution in [2.24, 2.45) is 13.0 Å². The predicted molar refractivity (Wildman–Crippen MR) is 61.6 cm³/mol. The lowest BCUT2D eigenvalue weighted by molar-refractivity contribution is 0.659. The average molecular weight is 256 g/mol. The second kappa shape index (κ2) is 5.24. The van der Waals surface area contributed by atoms with Gasteiger partial charge in [0.05, 0.1) is 5.69 Å². The van der Waals surface area contributed by atoms with Crippen molar-refractivity contribution < 1.29 is 0 Å². The first-order valence-corrected chi connectivity index (χ1v) is 5.84. The molecule has 0 spiro atoms. The lowest BCUT2D eigenvalue weighted by Crippen LogP contribution is -2.08. The molecule has 0 aliphatic carbocycles. The first kappa shape index (κ1) is 12.2. The molecule has 0 bridgehead atoms. The van der Waals surface area contributed by atoms with Crippen LogP contribution in [0.4, 0.5) is 0 Å². The summed E-state index contributed by atoms with van der Waals surface area (Å²) >= 11 is 17.6. The zero-order chi connectivity index (χ0) is 10.7. The van der Waals surface area contributed by atoms with Crippen LogP contribution in [-0.4, -0.2) is 21.5 Å². The van der Waals surface area contributed by atoms with Crippen LogP contribution in [0.2, 0.25) is 5.15 Å². The van der Waals surface area contributed by atoms with Crippen LogP contribution in [0.5, 0.6) is 0 Å². The highest BCUT2D eigenvalue weighted by Gasteiger charge is 2.15. The zero-order valence-corrected chi connectivity index (χ0v) is 10.5. The summed E-state index contributed by atoms with van der Waals surface area (Å²) in [6, 6.07) is 0. The van der Waals surface area contributed by atoms with Crippen molar-refractivity contribution in [1.29, 1.82) is 0 Å². The van der Waals surface area contributed by atoms with E-state index in [1.165, 1.54) is 0 Å². The summed E-state index contributed by atoms with van der Waals surface area (Å²) in [7, 11) is 1.83. The number of alkyl halides is 2. The fourth-order valence-corrected chi connectivity index (χ4v) is 2.14. The zero-order valence-electron chi connectivity index (χ0n) is 8.23. The van der Waals surface area contributed by atoms with Crippen LogP contribution in [0.3, 0.4) is 0 Å². The van der Waals surface area contributed by atoms with Crippen molar-refractivity contribution in [3.05, 3.63) is 16.4 Å². The van der Waals surface area contributed by atoms with Gasteiger partial charge in [0.2, 0.25) is 0 Å². The molecule has 80 valence electrons. The molecule has 1 aromatic heterocycles. The van der Waals surface area contributed by atoms with Gasteiger partial charge in [-0.3, -0.25) is 4.68 Å². The molecule has 0 N–H and O–H groups in total. The van der Waals surface area contributed by atoms with E-state index in [2.05, 4.69) is 5.10 Å². The molecule has 0 radical (unpaired) electrons. The van der Waals surface area contributed by atoms with Crippen LogP contribution < -0.4 is 0 Å².